The molecule has 0 aliphatic rings. The second-order valence-electron chi connectivity index (χ2n) is 14.3. The third kappa shape index (κ3) is 30.6. The van der Waals surface area contributed by atoms with Gasteiger partial charge < -0.3 is 20.4 Å². The van der Waals surface area contributed by atoms with Crippen molar-refractivity contribution >= 4 is 5.78 Å². The fourth-order valence-electron chi connectivity index (χ4n) is 6.49. The molecule has 0 fully saturated rings. The molecule has 0 aromatic rings. The standard InChI is InChI=1S/C40H80O5/c1-3-5-7-9-11-13-15-16-17-18-19-20-21-22-23-24-26-28-30-32-34-37(42)40(45)39(44)35-38(43)36(41)33-31-29-27-25-14-12-10-8-6-4-2/h36-39,41-44H,3-35H2,1-2H3/t36?,37-,38?,39?/m1/s1. The third-order valence-electron chi connectivity index (χ3n) is 9.75. The molecule has 270 valence electrons. The van der Waals surface area contributed by atoms with Crippen molar-refractivity contribution in [2.75, 3.05) is 0 Å². The van der Waals surface area contributed by atoms with Gasteiger partial charge >= 0.3 is 0 Å². The molecule has 4 atom stereocenters. The van der Waals surface area contributed by atoms with Gasteiger partial charge in [0.2, 0.25) is 0 Å². The number of ketones is 1. The lowest BCUT2D eigenvalue weighted by molar-refractivity contribution is -0.138. The minimum Gasteiger partial charge on any atom is -0.390 e. The fourth-order valence-corrected chi connectivity index (χ4v) is 6.49. The number of hydrogen-bond acceptors (Lipinski definition) is 5. The molecule has 5 nitrogen and oxygen atoms in total. The normalized spacial score (nSPS) is 14.4. The quantitative estimate of drug-likeness (QED) is 0.0506. The van der Waals surface area contributed by atoms with Gasteiger partial charge in [0.15, 0.2) is 5.78 Å². The summed E-state index contributed by atoms with van der Waals surface area (Å²) in [4.78, 5) is 12.4. The van der Waals surface area contributed by atoms with E-state index in [1.165, 1.54) is 154 Å². The molecule has 5 heteroatoms. The third-order valence-corrected chi connectivity index (χ3v) is 9.75. The van der Waals surface area contributed by atoms with Crippen LogP contribution in [-0.4, -0.2) is 50.6 Å². The van der Waals surface area contributed by atoms with Crippen LogP contribution in [0.25, 0.3) is 0 Å². The summed E-state index contributed by atoms with van der Waals surface area (Å²) < 4.78 is 0. The lowest BCUT2D eigenvalue weighted by Crippen LogP contribution is -2.38. The van der Waals surface area contributed by atoms with Crippen molar-refractivity contribution < 1.29 is 25.2 Å². The zero-order chi connectivity index (χ0) is 33.2. The SMILES string of the molecule is CCCCCCCCCCCCCCCCCCCCCC[C@@H](O)C(=O)C(O)CC(O)C(O)CCCCCCCCCCCC. The van der Waals surface area contributed by atoms with E-state index in [1.807, 2.05) is 0 Å². The van der Waals surface area contributed by atoms with Crippen LogP contribution >= 0.6 is 0 Å². The van der Waals surface area contributed by atoms with Crippen LogP contribution < -0.4 is 0 Å². The molecule has 0 aliphatic carbocycles. The summed E-state index contributed by atoms with van der Waals surface area (Å²) in [5.41, 5.74) is 0. The maximum absolute atomic E-state index is 12.4. The van der Waals surface area contributed by atoms with Gasteiger partial charge in [-0.3, -0.25) is 4.79 Å². The maximum Gasteiger partial charge on any atom is 0.189 e. The average Bonchev–Trinajstić information content (AvgIpc) is 3.03. The Labute approximate surface area is 280 Å². The van der Waals surface area contributed by atoms with Crippen LogP contribution in [0.5, 0.6) is 0 Å². The Hall–Kier alpha value is -0.490. The number of aliphatic hydroxyl groups is 4. The predicted molar refractivity (Wildman–Crippen MR) is 193 cm³/mol. The van der Waals surface area contributed by atoms with E-state index in [2.05, 4.69) is 13.8 Å². The van der Waals surface area contributed by atoms with Crippen molar-refractivity contribution in [1.29, 1.82) is 0 Å². The molecule has 0 rings (SSSR count). The van der Waals surface area contributed by atoms with Gasteiger partial charge in [-0.15, -0.1) is 0 Å². The van der Waals surface area contributed by atoms with Gasteiger partial charge in [-0.1, -0.05) is 206 Å². The van der Waals surface area contributed by atoms with Crippen LogP contribution in [0, 0.1) is 0 Å². The van der Waals surface area contributed by atoms with Crippen LogP contribution in [0.1, 0.15) is 226 Å². The van der Waals surface area contributed by atoms with Gasteiger partial charge in [-0.2, -0.15) is 0 Å². The van der Waals surface area contributed by atoms with E-state index < -0.39 is 30.2 Å². The summed E-state index contributed by atoms with van der Waals surface area (Å²) in [6.07, 6.45) is 34.2. The molecular formula is C40H80O5. The second-order valence-corrected chi connectivity index (χ2v) is 14.3. The molecule has 3 unspecified atom stereocenters. The van der Waals surface area contributed by atoms with E-state index in [0.29, 0.717) is 12.8 Å². The summed E-state index contributed by atoms with van der Waals surface area (Å²) in [7, 11) is 0. The number of aliphatic hydroxyl groups excluding tert-OH is 4. The van der Waals surface area contributed by atoms with Gasteiger partial charge in [-0.25, -0.2) is 0 Å². The summed E-state index contributed by atoms with van der Waals surface area (Å²) in [6.45, 7) is 4.51. The van der Waals surface area contributed by atoms with Crippen molar-refractivity contribution in [2.45, 2.75) is 250 Å². The number of carbonyl (C=O) groups excluding carboxylic acids is 1. The van der Waals surface area contributed by atoms with Crippen molar-refractivity contribution in [2.24, 2.45) is 0 Å². The Bertz CT molecular complexity index is 597. The summed E-state index contributed by atoms with van der Waals surface area (Å²) >= 11 is 0. The Balaban J connectivity index is 3.58. The minimum absolute atomic E-state index is 0.214. The Kier molecular flexibility index (Phi) is 34.5. The Morgan fingerprint density at radius 1 is 0.356 bits per heavy atom. The maximum atomic E-state index is 12.4. The first-order valence-electron chi connectivity index (χ1n) is 20.2. The Morgan fingerprint density at radius 3 is 0.933 bits per heavy atom. The molecule has 0 aromatic heterocycles. The predicted octanol–water partition coefficient (Wildman–Crippen LogP) is 10.9. The lowest BCUT2D eigenvalue weighted by Gasteiger charge is -2.21. The van der Waals surface area contributed by atoms with Gasteiger partial charge in [-0.05, 0) is 12.8 Å². The van der Waals surface area contributed by atoms with E-state index in [9.17, 15) is 25.2 Å². The zero-order valence-electron chi connectivity index (χ0n) is 30.3. The highest BCUT2D eigenvalue weighted by molar-refractivity contribution is 5.86. The number of Topliss-reactive ketones (excluding diaryl/α,β-unsaturated/α-hetero) is 1. The van der Waals surface area contributed by atoms with Gasteiger partial charge in [0.05, 0.1) is 12.2 Å². The van der Waals surface area contributed by atoms with Crippen molar-refractivity contribution in [3.05, 3.63) is 0 Å². The van der Waals surface area contributed by atoms with Gasteiger partial charge in [0.25, 0.3) is 0 Å². The van der Waals surface area contributed by atoms with E-state index >= 15 is 0 Å². The average molecular weight is 641 g/mol. The van der Waals surface area contributed by atoms with Crippen LogP contribution in [0.3, 0.4) is 0 Å². The number of rotatable bonds is 37. The van der Waals surface area contributed by atoms with E-state index in [0.717, 1.165) is 38.5 Å². The minimum atomic E-state index is -1.43. The number of hydrogen-bond donors (Lipinski definition) is 4. The van der Waals surface area contributed by atoms with Crippen molar-refractivity contribution in [3.63, 3.8) is 0 Å². The molecule has 0 aliphatic heterocycles. The van der Waals surface area contributed by atoms with E-state index in [-0.39, 0.29) is 6.42 Å². The smallest absolute Gasteiger partial charge is 0.189 e. The molecular weight excluding hydrogens is 560 g/mol. The summed E-state index contributed by atoms with van der Waals surface area (Å²) in [6, 6.07) is 0. The molecule has 0 heterocycles. The first-order valence-corrected chi connectivity index (χ1v) is 20.2. The molecule has 0 bridgehead atoms. The number of unbranched alkanes of at least 4 members (excludes halogenated alkanes) is 28. The molecule has 0 radical (unpaired) electrons. The fraction of sp³-hybridized carbons (Fsp3) is 0.975. The van der Waals surface area contributed by atoms with Crippen LogP contribution in [-0.2, 0) is 4.79 Å². The molecule has 0 amide bonds. The Morgan fingerprint density at radius 2 is 0.622 bits per heavy atom. The highest BCUT2D eigenvalue weighted by Crippen LogP contribution is 2.18. The van der Waals surface area contributed by atoms with Crippen molar-refractivity contribution in [3.8, 4) is 0 Å². The van der Waals surface area contributed by atoms with Crippen LogP contribution in [0.15, 0.2) is 0 Å². The van der Waals surface area contributed by atoms with Gasteiger partial charge in [0, 0.05) is 6.42 Å². The second kappa shape index (κ2) is 34.8. The van der Waals surface area contributed by atoms with Crippen LogP contribution in [0.2, 0.25) is 0 Å². The molecule has 4 N–H and O–H groups in total. The van der Waals surface area contributed by atoms with E-state index in [4.69, 9.17) is 0 Å². The van der Waals surface area contributed by atoms with Crippen molar-refractivity contribution in [1.82, 2.24) is 0 Å². The molecule has 0 saturated carbocycles. The first kappa shape index (κ1) is 44.5. The lowest BCUT2D eigenvalue weighted by atomic mass is 9.95. The highest BCUT2D eigenvalue weighted by Gasteiger charge is 2.28. The first-order chi connectivity index (χ1) is 21.9. The topological polar surface area (TPSA) is 98.0 Å². The highest BCUT2D eigenvalue weighted by atomic mass is 16.3. The zero-order valence-corrected chi connectivity index (χ0v) is 30.3. The van der Waals surface area contributed by atoms with Crippen LogP contribution in [0.4, 0.5) is 0 Å². The largest absolute Gasteiger partial charge is 0.390 e. The van der Waals surface area contributed by atoms with Gasteiger partial charge in [0.1, 0.15) is 12.2 Å². The molecule has 0 aromatic carbocycles. The summed E-state index contributed by atoms with van der Waals surface area (Å²) in [5, 5.41) is 41.0. The monoisotopic (exact) mass is 641 g/mol. The number of carbonyl (C=O) groups is 1. The molecule has 0 spiro atoms. The summed E-state index contributed by atoms with van der Waals surface area (Å²) in [5.74, 6) is -0.627. The van der Waals surface area contributed by atoms with E-state index in [1.54, 1.807) is 0 Å². The molecule has 0 saturated heterocycles. The molecule has 45 heavy (non-hydrogen) atoms.